The van der Waals surface area contributed by atoms with Gasteiger partial charge in [0, 0.05) is 6.42 Å². The predicted molar refractivity (Wildman–Crippen MR) is 342 cm³/mol. The molecule has 0 aromatic heterocycles. The van der Waals surface area contributed by atoms with E-state index in [2.05, 4.69) is 19.2 Å². The Labute approximate surface area is 488 Å². The van der Waals surface area contributed by atoms with E-state index in [-0.39, 0.29) is 19.1 Å². The van der Waals surface area contributed by atoms with Gasteiger partial charge in [0.1, 0.15) is 13.2 Å². The van der Waals surface area contributed by atoms with E-state index in [9.17, 15) is 19.4 Å². The highest BCUT2D eigenvalue weighted by atomic mass is 31.2. The van der Waals surface area contributed by atoms with Crippen molar-refractivity contribution in [3.05, 3.63) is 12.2 Å². The Hall–Kier alpha value is -0.760. The minimum atomic E-state index is -4.35. The van der Waals surface area contributed by atoms with Gasteiger partial charge in [0.2, 0.25) is 5.91 Å². The van der Waals surface area contributed by atoms with E-state index in [4.69, 9.17) is 9.05 Å². The minimum absolute atomic E-state index is 0.0655. The number of aliphatic hydroxyl groups is 1. The number of likely N-dealkylation sites (N-methyl/N-ethyl adjacent to an activating group) is 1. The van der Waals surface area contributed by atoms with Crippen molar-refractivity contribution in [3.8, 4) is 0 Å². The van der Waals surface area contributed by atoms with Gasteiger partial charge in [-0.3, -0.25) is 13.8 Å². The Morgan fingerprint density at radius 3 is 0.949 bits per heavy atom. The first kappa shape index (κ1) is 77.2. The fraction of sp³-hybridized carbons (Fsp3) is 0.957. The molecular weight excluding hydrogens is 984 g/mol. The smallest absolute Gasteiger partial charge is 0.387 e. The van der Waals surface area contributed by atoms with Crippen LogP contribution in [0.4, 0.5) is 0 Å². The van der Waals surface area contributed by atoms with Gasteiger partial charge in [-0.25, -0.2) is 4.57 Å². The second-order valence-corrected chi connectivity index (χ2v) is 27.1. The van der Waals surface area contributed by atoms with Gasteiger partial charge < -0.3 is 19.8 Å². The number of nitrogens with zero attached hydrogens (tertiary/aromatic N) is 1. The molecule has 3 unspecified atom stereocenters. The first-order chi connectivity index (χ1) is 38.0. The van der Waals surface area contributed by atoms with Gasteiger partial charge in [0.05, 0.1) is 39.9 Å². The molecule has 0 saturated carbocycles. The molecule has 0 spiro atoms. The van der Waals surface area contributed by atoms with Gasteiger partial charge in [-0.15, -0.1) is 0 Å². The van der Waals surface area contributed by atoms with Crippen LogP contribution in [0.5, 0.6) is 0 Å². The standard InChI is InChI=1S/C69H139N2O6P/c1-6-8-10-12-14-16-18-20-22-24-26-28-30-32-33-34-35-36-37-39-40-42-44-46-48-50-52-54-56-58-60-62-68(72)67(66-77-78(74,75)76-65-64-71(3,4)5)70-69(73)63-61-59-57-55-53-51-49-47-45-43-41-38-31-29-27-25-23-21-19-17-15-13-11-9-7-2/h60,62,67-68,72H,6-59,61,63-66H2,1-5H3,(H-,70,73,74,75)/p+1/b62-60+. The number of quaternary nitrogens is 1. The first-order valence-electron chi connectivity index (χ1n) is 35.1. The number of carbonyl (C=O) groups excluding carboxylic acids is 1. The van der Waals surface area contributed by atoms with Gasteiger partial charge in [-0.1, -0.05) is 360 Å². The Morgan fingerprint density at radius 2 is 0.679 bits per heavy atom. The van der Waals surface area contributed by atoms with Crippen LogP contribution in [0.25, 0.3) is 0 Å². The second-order valence-electron chi connectivity index (χ2n) is 25.6. The van der Waals surface area contributed by atoms with Gasteiger partial charge in [-0.05, 0) is 19.3 Å². The highest BCUT2D eigenvalue weighted by Crippen LogP contribution is 2.43. The van der Waals surface area contributed by atoms with E-state index in [1.165, 1.54) is 321 Å². The fourth-order valence-corrected chi connectivity index (χ4v) is 11.8. The molecule has 0 aromatic carbocycles. The highest BCUT2D eigenvalue weighted by Gasteiger charge is 2.28. The van der Waals surface area contributed by atoms with Crippen molar-refractivity contribution in [2.45, 2.75) is 386 Å². The maximum atomic E-state index is 13.0. The van der Waals surface area contributed by atoms with Crippen molar-refractivity contribution in [2.24, 2.45) is 0 Å². The maximum Gasteiger partial charge on any atom is 0.472 e. The van der Waals surface area contributed by atoms with Crippen LogP contribution < -0.4 is 5.32 Å². The third kappa shape index (κ3) is 62.8. The lowest BCUT2D eigenvalue weighted by Gasteiger charge is -2.25. The molecule has 1 amide bonds. The molecule has 466 valence electrons. The van der Waals surface area contributed by atoms with Crippen molar-refractivity contribution in [3.63, 3.8) is 0 Å². The first-order valence-corrected chi connectivity index (χ1v) is 36.6. The van der Waals surface area contributed by atoms with Crippen molar-refractivity contribution in [1.29, 1.82) is 0 Å². The monoisotopic (exact) mass is 1120 g/mol. The molecule has 78 heavy (non-hydrogen) atoms. The Balaban J connectivity index is 4.03. The summed E-state index contributed by atoms with van der Waals surface area (Å²) in [5.74, 6) is -0.167. The van der Waals surface area contributed by atoms with E-state index >= 15 is 0 Å². The number of aliphatic hydroxyl groups excluding tert-OH is 1. The zero-order valence-electron chi connectivity index (χ0n) is 53.5. The normalized spacial score (nSPS) is 13.7. The summed E-state index contributed by atoms with van der Waals surface area (Å²) in [4.78, 5) is 23.4. The van der Waals surface area contributed by atoms with Crippen molar-refractivity contribution >= 4 is 13.7 Å². The quantitative estimate of drug-likeness (QED) is 0.0243. The lowest BCUT2D eigenvalue weighted by atomic mass is 10.0. The summed E-state index contributed by atoms with van der Waals surface area (Å²) in [6.07, 6.45) is 77.9. The average Bonchev–Trinajstić information content (AvgIpc) is 3.41. The Kier molecular flexibility index (Phi) is 60.2. The molecule has 3 atom stereocenters. The van der Waals surface area contributed by atoms with Gasteiger partial charge in [0.15, 0.2) is 0 Å². The van der Waals surface area contributed by atoms with Crippen LogP contribution in [0.3, 0.4) is 0 Å². The molecule has 0 fully saturated rings. The summed E-state index contributed by atoms with van der Waals surface area (Å²) in [5, 5.41) is 14.0. The highest BCUT2D eigenvalue weighted by molar-refractivity contribution is 7.47. The molecule has 0 heterocycles. The van der Waals surface area contributed by atoms with Gasteiger partial charge in [-0.2, -0.15) is 0 Å². The zero-order valence-corrected chi connectivity index (χ0v) is 54.3. The molecule has 0 rings (SSSR count). The van der Waals surface area contributed by atoms with Gasteiger partial charge in [0.25, 0.3) is 0 Å². The summed E-state index contributed by atoms with van der Waals surface area (Å²) in [6.45, 7) is 4.89. The molecule has 0 aliphatic carbocycles. The van der Waals surface area contributed by atoms with Crippen molar-refractivity contribution in [1.82, 2.24) is 5.32 Å². The van der Waals surface area contributed by atoms with Crippen LogP contribution in [0.1, 0.15) is 373 Å². The number of unbranched alkanes of at least 4 members (excludes halogenated alkanes) is 53. The topological polar surface area (TPSA) is 105 Å². The largest absolute Gasteiger partial charge is 0.472 e. The molecule has 0 saturated heterocycles. The number of allylic oxidation sites excluding steroid dienone is 1. The average molecular weight is 1120 g/mol. The summed E-state index contributed by atoms with van der Waals surface area (Å²) in [5.41, 5.74) is 0. The SMILES string of the molecule is CCCCCCCCCCCCCCCCCCCCCCCCCCCCCCC/C=C/C(O)C(COP(=O)(O)OCC[N+](C)(C)C)NC(=O)CCCCCCCCCCCCCCCCCCCCCCCCCCC. The van der Waals surface area contributed by atoms with Crippen LogP contribution in [0, 0.1) is 0 Å². The van der Waals surface area contributed by atoms with Crippen molar-refractivity contribution < 1.29 is 32.9 Å². The molecule has 0 radical (unpaired) electrons. The number of phosphoric ester groups is 1. The predicted octanol–water partition coefficient (Wildman–Crippen LogP) is 22.1. The Morgan fingerprint density at radius 1 is 0.423 bits per heavy atom. The van der Waals surface area contributed by atoms with E-state index in [0.717, 1.165) is 32.1 Å². The lowest BCUT2D eigenvalue weighted by Crippen LogP contribution is -2.45. The van der Waals surface area contributed by atoms with Gasteiger partial charge >= 0.3 is 7.82 Å². The van der Waals surface area contributed by atoms with E-state index < -0.39 is 20.0 Å². The summed E-state index contributed by atoms with van der Waals surface area (Å²) in [7, 11) is 1.60. The Bertz CT molecular complexity index is 1280. The molecule has 9 heteroatoms. The summed E-state index contributed by atoms with van der Waals surface area (Å²) < 4.78 is 23.8. The van der Waals surface area contributed by atoms with Crippen molar-refractivity contribution in [2.75, 3.05) is 40.9 Å². The number of rotatable bonds is 66. The number of carbonyl (C=O) groups is 1. The molecule has 8 nitrogen and oxygen atoms in total. The van der Waals surface area contributed by atoms with Crippen LogP contribution in [0.15, 0.2) is 12.2 Å². The zero-order chi connectivity index (χ0) is 57.0. The van der Waals surface area contributed by atoms with Crippen LogP contribution in [0.2, 0.25) is 0 Å². The maximum absolute atomic E-state index is 13.0. The van der Waals surface area contributed by atoms with Crippen LogP contribution in [-0.2, 0) is 18.4 Å². The number of amides is 1. The second kappa shape index (κ2) is 60.8. The molecule has 0 aromatic rings. The fourth-order valence-electron chi connectivity index (χ4n) is 11.0. The van der Waals surface area contributed by atoms with E-state index in [1.54, 1.807) is 6.08 Å². The van der Waals surface area contributed by atoms with Crippen LogP contribution >= 0.6 is 7.82 Å². The van der Waals surface area contributed by atoms with E-state index in [0.29, 0.717) is 17.4 Å². The molecule has 0 aliphatic rings. The molecule has 0 bridgehead atoms. The number of phosphoric acid groups is 1. The molecule has 0 aliphatic heterocycles. The minimum Gasteiger partial charge on any atom is -0.387 e. The lowest BCUT2D eigenvalue weighted by molar-refractivity contribution is -0.870. The molecular formula is C69H140N2O6P+. The third-order valence-corrected chi connectivity index (χ3v) is 17.5. The number of hydrogen-bond donors (Lipinski definition) is 3. The number of hydrogen-bond acceptors (Lipinski definition) is 5. The number of nitrogens with one attached hydrogen (secondary N) is 1. The molecule has 3 N–H and O–H groups in total. The van der Waals surface area contributed by atoms with Crippen LogP contribution in [-0.4, -0.2) is 73.4 Å². The summed E-state index contributed by atoms with van der Waals surface area (Å²) >= 11 is 0. The van der Waals surface area contributed by atoms with E-state index in [1.807, 2.05) is 27.2 Å². The third-order valence-electron chi connectivity index (χ3n) is 16.5. The summed E-state index contributed by atoms with van der Waals surface area (Å²) in [6, 6.07) is -0.844.